The van der Waals surface area contributed by atoms with Crippen LogP contribution in [0.25, 0.3) is 0 Å². The Morgan fingerprint density at radius 3 is 2.46 bits per heavy atom. The SMILES string of the molecule is CCC(=O)Nc1ccc(OC)cc1NC(=O)C(C)N1C[C@@H](C)O[C@@H](C)C1. The first-order chi connectivity index (χ1) is 12.3. The maximum atomic E-state index is 12.8. The standard InChI is InChI=1S/C19H29N3O4/c1-6-18(23)20-16-8-7-15(25-5)9-17(16)21-19(24)14(4)22-10-12(2)26-13(3)11-22/h7-9,12-14H,6,10-11H2,1-5H3,(H,20,23)(H,21,24)/t12-,13+,14?. The van der Waals surface area contributed by atoms with Crippen molar-refractivity contribution in [3.05, 3.63) is 18.2 Å². The number of methoxy groups -OCH3 is 1. The van der Waals surface area contributed by atoms with Gasteiger partial charge in [-0.15, -0.1) is 0 Å². The second-order valence-corrected chi connectivity index (χ2v) is 6.69. The summed E-state index contributed by atoms with van der Waals surface area (Å²) in [6, 6.07) is 4.87. The molecule has 1 aliphatic heterocycles. The number of hydrogen-bond acceptors (Lipinski definition) is 5. The summed E-state index contributed by atoms with van der Waals surface area (Å²) in [6.07, 6.45) is 0.537. The van der Waals surface area contributed by atoms with Gasteiger partial charge in [-0.05, 0) is 32.9 Å². The fraction of sp³-hybridized carbons (Fsp3) is 0.579. The van der Waals surface area contributed by atoms with E-state index < -0.39 is 0 Å². The van der Waals surface area contributed by atoms with Crippen LogP contribution in [-0.2, 0) is 14.3 Å². The second kappa shape index (κ2) is 9.00. The molecule has 7 nitrogen and oxygen atoms in total. The summed E-state index contributed by atoms with van der Waals surface area (Å²) in [5, 5.41) is 5.73. The zero-order chi connectivity index (χ0) is 19.3. The zero-order valence-corrected chi connectivity index (χ0v) is 16.2. The van der Waals surface area contributed by atoms with Gasteiger partial charge in [-0.1, -0.05) is 6.92 Å². The average molecular weight is 363 g/mol. The number of carbonyl (C=O) groups excluding carboxylic acids is 2. The first-order valence-electron chi connectivity index (χ1n) is 9.02. The Morgan fingerprint density at radius 2 is 1.88 bits per heavy atom. The van der Waals surface area contributed by atoms with E-state index in [1.807, 2.05) is 20.8 Å². The Bertz CT molecular complexity index is 640. The van der Waals surface area contributed by atoms with Gasteiger partial charge in [0.05, 0.1) is 36.7 Å². The summed E-state index contributed by atoms with van der Waals surface area (Å²) in [5.41, 5.74) is 1.08. The van der Waals surface area contributed by atoms with E-state index in [1.165, 1.54) is 0 Å². The van der Waals surface area contributed by atoms with Crippen molar-refractivity contribution < 1.29 is 19.1 Å². The molecular formula is C19H29N3O4. The van der Waals surface area contributed by atoms with Crippen molar-refractivity contribution in [3.63, 3.8) is 0 Å². The number of nitrogens with zero attached hydrogens (tertiary/aromatic N) is 1. The molecule has 1 saturated heterocycles. The van der Waals surface area contributed by atoms with Crippen LogP contribution in [0.3, 0.4) is 0 Å². The minimum atomic E-state index is -0.315. The van der Waals surface area contributed by atoms with Crippen molar-refractivity contribution in [2.75, 3.05) is 30.8 Å². The van der Waals surface area contributed by atoms with E-state index in [0.29, 0.717) is 36.6 Å². The number of carbonyl (C=O) groups is 2. The molecule has 0 aromatic heterocycles. The molecule has 3 atom stereocenters. The van der Waals surface area contributed by atoms with Gasteiger partial charge in [0.1, 0.15) is 5.75 Å². The maximum Gasteiger partial charge on any atom is 0.241 e. The molecule has 0 saturated carbocycles. The van der Waals surface area contributed by atoms with Gasteiger partial charge < -0.3 is 20.1 Å². The highest BCUT2D eigenvalue weighted by atomic mass is 16.5. The molecule has 0 bridgehead atoms. The van der Waals surface area contributed by atoms with Crippen LogP contribution < -0.4 is 15.4 Å². The monoisotopic (exact) mass is 363 g/mol. The normalized spacial score (nSPS) is 21.7. The van der Waals surface area contributed by atoms with Crippen molar-refractivity contribution in [1.29, 1.82) is 0 Å². The molecule has 1 unspecified atom stereocenters. The Balaban J connectivity index is 2.14. The van der Waals surface area contributed by atoms with Gasteiger partial charge in [-0.3, -0.25) is 14.5 Å². The van der Waals surface area contributed by atoms with Gasteiger partial charge in [-0.2, -0.15) is 0 Å². The molecule has 7 heteroatoms. The molecule has 2 amide bonds. The number of hydrogen-bond donors (Lipinski definition) is 2. The predicted molar refractivity (Wildman–Crippen MR) is 102 cm³/mol. The lowest BCUT2D eigenvalue weighted by Gasteiger charge is -2.38. The molecular weight excluding hydrogens is 334 g/mol. The fourth-order valence-corrected chi connectivity index (χ4v) is 3.04. The van der Waals surface area contributed by atoms with Gasteiger partial charge in [0.2, 0.25) is 11.8 Å². The number of benzene rings is 1. The topological polar surface area (TPSA) is 79.9 Å². The first-order valence-corrected chi connectivity index (χ1v) is 9.02. The Kier molecular flexibility index (Phi) is 6.99. The van der Waals surface area contributed by atoms with E-state index in [4.69, 9.17) is 9.47 Å². The molecule has 0 radical (unpaired) electrons. The zero-order valence-electron chi connectivity index (χ0n) is 16.2. The molecule has 1 heterocycles. The van der Waals surface area contributed by atoms with Gasteiger partial charge in [0, 0.05) is 25.6 Å². The summed E-state index contributed by atoms with van der Waals surface area (Å²) in [5.74, 6) is 0.358. The van der Waals surface area contributed by atoms with E-state index in [-0.39, 0.29) is 30.1 Å². The molecule has 1 aliphatic rings. The van der Waals surface area contributed by atoms with Crippen molar-refractivity contribution in [3.8, 4) is 5.75 Å². The Labute approximate surface area is 155 Å². The Hall–Kier alpha value is -2.12. The summed E-state index contributed by atoms with van der Waals surface area (Å²) in [6.45, 7) is 9.08. The van der Waals surface area contributed by atoms with Crippen molar-refractivity contribution in [1.82, 2.24) is 4.90 Å². The van der Waals surface area contributed by atoms with Gasteiger partial charge >= 0.3 is 0 Å². The lowest BCUT2D eigenvalue weighted by molar-refractivity contribution is -0.127. The van der Waals surface area contributed by atoms with E-state index in [9.17, 15) is 9.59 Å². The number of rotatable bonds is 6. The van der Waals surface area contributed by atoms with Gasteiger partial charge in [0.25, 0.3) is 0 Å². The van der Waals surface area contributed by atoms with Crippen LogP contribution in [0.1, 0.15) is 34.1 Å². The molecule has 1 aromatic rings. The Morgan fingerprint density at radius 1 is 1.23 bits per heavy atom. The third-order valence-corrected chi connectivity index (χ3v) is 4.45. The molecule has 2 N–H and O–H groups in total. The van der Waals surface area contributed by atoms with Crippen LogP contribution in [0.5, 0.6) is 5.75 Å². The summed E-state index contributed by atoms with van der Waals surface area (Å²) in [7, 11) is 1.56. The minimum Gasteiger partial charge on any atom is -0.497 e. The molecule has 1 aromatic carbocycles. The minimum absolute atomic E-state index is 0.0882. The molecule has 1 fully saturated rings. The molecule has 2 rings (SSSR count). The number of nitrogens with one attached hydrogen (secondary N) is 2. The van der Waals surface area contributed by atoms with Crippen LogP contribution in [0.2, 0.25) is 0 Å². The van der Waals surface area contributed by atoms with E-state index in [0.717, 1.165) is 0 Å². The quantitative estimate of drug-likeness (QED) is 0.812. The highest BCUT2D eigenvalue weighted by molar-refractivity contribution is 6.01. The highest BCUT2D eigenvalue weighted by Gasteiger charge is 2.29. The maximum absolute atomic E-state index is 12.8. The summed E-state index contributed by atoms with van der Waals surface area (Å²) in [4.78, 5) is 26.6. The van der Waals surface area contributed by atoms with Crippen LogP contribution >= 0.6 is 0 Å². The smallest absolute Gasteiger partial charge is 0.241 e. The largest absolute Gasteiger partial charge is 0.497 e. The van der Waals surface area contributed by atoms with E-state index >= 15 is 0 Å². The summed E-state index contributed by atoms with van der Waals surface area (Å²) >= 11 is 0. The molecule has 144 valence electrons. The molecule has 26 heavy (non-hydrogen) atoms. The van der Waals surface area contributed by atoms with Crippen LogP contribution in [0, 0.1) is 0 Å². The van der Waals surface area contributed by atoms with Crippen molar-refractivity contribution in [2.24, 2.45) is 0 Å². The average Bonchev–Trinajstić information content (AvgIpc) is 2.61. The number of morpholine rings is 1. The van der Waals surface area contributed by atoms with E-state index in [2.05, 4.69) is 15.5 Å². The molecule has 0 aliphatic carbocycles. The third-order valence-electron chi connectivity index (χ3n) is 4.45. The van der Waals surface area contributed by atoms with Crippen molar-refractivity contribution in [2.45, 2.75) is 52.4 Å². The van der Waals surface area contributed by atoms with Crippen LogP contribution in [-0.4, -0.2) is 55.2 Å². The lowest BCUT2D eigenvalue weighted by Crippen LogP contribution is -2.52. The van der Waals surface area contributed by atoms with Gasteiger partial charge in [0.15, 0.2) is 0 Å². The predicted octanol–water partition coefficient (Wildman–Crippen LogP) is 2.48. The highest BCUT2D eigenvalue weighted by Crippen LogP contribution is 2.28. The fourth-order valence-electron chi connectivity index (χ4n) is 3.04. The lowest BCUT2D eigenvalue weighted by atomic mass is 10.1. The van der Waals surface area contributed by atoms with E-state index in [1.54, 1.807) is 32.2 Å². The number of anilines is 2. The number of ether oxygens (including phenoxy) is 2. The third kappa shape index (κ3) is 5.19. The van der Waals surface area contributed by atoms with Gasteiger partial charge in [-0.25, -0.2) is 0 Å². The van der Waals surface area contributed by atoms with Crippen LogP contribution in [0.4, 0.5) is 11.4 Å². The molecule has 0 spiro atoms. The van der Waals surface area contributed by atoms with Crippen molar-refractivity contribution >= 4 is 23.2 Å². The summed E-state index contributed by atoms with van der Waals surface area (Å²) < 4.78 is 11.0. The first kappa shape index (κ1) is 20.2. The second-order valence-electron chi connectivity index (χ2n) is 6.69. The number of amides is 2. The van der Waals surface area contributed by atoms with Crippen LogP contribution in [0.15, 0.2) is 18.2 Å².